The molecular formula is C21H17BrN2O2S. The summed E-state index contributed by atoms with van der Waals surface area (Å²) in [5.74, 6) is 1.72. The van der Waals surface area contributed by atoms with Crippen molar-refractivity contribution in [1.29, 1.82) is 0 Å². The second-order valence-electron chi connectivity index (χ2n) is 6.50. The van der Waals surface area contributed by atoms with Crippen LogP contribution in [-0.4, -0.2) is 17.8 Å². The molecule has 4 nitrogen and oxygen atoms in total. The van der Waals surface area contributed by atoms with E-state index in [0.29, 0.717) is 0 Å². The van der Waals surface area contributed by atoms with E-state index in [1.807, 2.05) is 36.4 Å². The minimum absolute atomic E-state index is 0.153. The molecule has 2 aliphatic heterocycles. The van der Waals surface area contributed by atoms with E-state index < -0.39 is 0 Å². The Morgan fingerprint density at radius 3 is 2.63 bits per heavy atom. The molecule has 0 radical (unpaired) electrons. The van der Waals surface area contributed by atoms with Crippen molar-refractivity contribution in [3.8, 4) is 11.5 Å². The Bertz CT molecular complexity index is 1030. The van der Waals surface area contributed by atoms with E-state index in [1.165, 1.54) is 10.4 Å². The molecule has 136 valence electrons. The molecule has 0 N–H and O–H groups in total. The zero-order valence-electron chi connectivity index (χ0n) is 14.6. The number of benzene rings is 2. The average Bonchev–Trinajstić information content (AvgIpc) is 3.34. The smallest absolute Gasteiger partial charge is 0.217 e. The summed E-state index contributed by atoms with van der Waals surface area (Å²) in [6, 6.07) is 20.6. The molecule has 2 aliphatic rings. The number of hydrogen-bond acceptors (Lipinski definition) is 5. The van der Waals surface area contributed by atoms with Crippen molar-refractivity contribution in [2.75, 3.05) is 7.11 Å². The fraction of sp³-hybridized carbons (Fsp3) is 0.190. The van der Waals surface area contributed by atoms with Crippen molar-refractivity contribution in [3.05, 3.63) is 80.5 Å². The van der Waals surface area contributed by atoms with Crippen LogP contribution in [0.1, 0.15) is 34.7 Å². The Hall–Kier alpha value is -2.31. The Morgan fingerprint density at radius 2 is 1.85 bits per heavy atom. The number of rotatable bonds is 3. The maximum absolute atomic E-state index is 6.40. The third-order valence-corrected chi connectivity index (χ3v) is 6.63. The van der Waals surface area contributed by atoms with Gasteiger partial charge in [-0.15, -0.1) is 11.3 Å². The first kappa shape index (κ1) is 16.8. The van der Waals surface area contributed by atoms with Crippen molar-refractivity contribution in [1.82, 2.24) is 5.01 Å². The minimum Gasteiger partial charge on any atom is -0.496 e. The Labute approximate surface area is 170 Å². The fourth-order valence-corrected chi connectivity index (χ4v) is 5.11. The van der Waals surface area contributed by atoms with Crippen LogP contribution in [0.4, 0.5) is 0 Å². The monoisotopic (exact) mass is 440 g/mol. The number of methoxy groups -OCH3 is 1. The van der Waals surface area contributed by atoms with Gasteiger partial charge in [-0.2, -0.15) is 5.10 Å². The lowest BCUT2D eigenvalue weighted by atomic mass is 9.97. The minimum atomic E-state index is -0.318. The molecule has 0 unspecified atom stereocenters. The summed E-state index contributed by atoms with van der Waals surface area (Å²) < 4.78 is 13.1. The van der Waals surface area contributed by atoms with Crippen LogP contribution < -0.4 is 9.47 Å². The van der Waals surface area contributed by atoms with Crippen LogP contribution >= 0.6 is 27.3 Å². The van der Waals surface area contributed by atoms with Crippen LogP contribution in [0.25, 0.3) is 0 Å². The first-order chi connectivity index (χ1) is 13.2. The lowest BCUT2D eigenvalue weighted by molar-refractivity contribution is -0.0203. The van der Waals surface area contributed by atoms with E-state index >= 15 is 0 Å². The molecule has 3 heterocycles. The number of nitrogens with zero attached hydrogens (tertiary/aromatic N) is 2. The van der Waals surface area contributed by atoms with Crippen molar-refractivity contribution in [2.24, 2.45) is 5.10 Å². The van der Waals surface area contributed by atoms with E-state index in [-0.39, 0.29) is 12.3 Å². The van der Waals surface area contributed by atoms with Gasteiger partial charge in [-0.05, 0) is 46.3 Å². The highest BCUT2D eigenvalue weighted by atomic mass is 79.9. The maximum atomic E-state index is 6.40. The molecule has 0 bridgehead atoms. The lowest BCUT2D eigenvalue weighted by Gasteiger charge is -2.38. The van der Waals surface area contributed by atoms with Crippen molar-refractivity contribution >= 4 is 33.0 Å². The maximum Gasteiger partial charge on any atom is 0.217 e. The SMILES string of the molecule is COc1ccccc1[C@H]1Oc2ccccc2[C@H]2CC(c3ccc(Br)s3)=NN21. The van der Waals surface area contributed by atoms with Crippen LogP contribution in [0.5, 0.6) is 11.5 Å². The van der Waals surface area contributed by atoms with Crippen LogP contribution in [0.3, 0.4) is 0 Å². The van der Waals surface area contributed by atoms with Gasteiger partial charge in [-0.25, -0.2) is 5.01 Å². The van der Waals surface area contributed by atoms with Gasteiger partial charge in [-0.3, -0.25) is 0 Å². The van der Waals surface area contributed by atoms with E-state index in [1.54, 1.807) is 18.4 Å². The molecule has 1 aromatic heterocycles. The lowest BCUT2D eigenvalue weighted by Crippen LogP contribution is -2.33. The first-order valence-corrected chi connectivity index (χ1v) is 10.4. The molecule has 0 saturated carbocycles. The number of hydrazone groups is 1. The molecule has 6 heteroatoms. The summed E-state index contributed by atoms with van der Waals surface area (Å²) in [6.07, 6.45) is 0.542. The van der Waals surface area contributed by atoms with E-state index in [2.05, 4.69) is 45.2 Å². The molecule has 0 saturated heterocycles. The Kier molecular flexibility index (Phi) is 4.17. The third-order valence-electron chi connectivity index (χ3n) is 4.96. The van der Waals surface area contributed by atoms with Gasteiger partial charge in [-0.1, -0.05) is 30.3 Å². The summed E-state index contributed by atoms with van der Waals surface area (Å²) in [5, 5.41) is 7.07. The normalized spacial score (nSPS) is 20.5. The second-order valence-corrected chi connectivity index (χ2v) is 8.96. The number of fused-ring (bicyclic) bond motifs is 3. The van der Waals surface area contributed by atoms with Crippen LogP contribution in [0.2, 0.25) is 0 Å². The van der Waals surface area contributed by atoms with Crippen molar-refractivity contribution < 1.29 is 9.47 Å². The van der Waals surface area contributed by atoms with Crippen LogP contribution in [0.15, 0.2) is 69.6 Å². The molecule has 0 aliphatic carbocycles. The van der Waals surface area contributed by atoms with Crippen molar-refractivity contribution in [2.45, 2.75) is 18.7 Å². The number of halogens is 1. The highest BCUT2D eigenvalue weighted by molar-refractivity contribution is 9.11. The number of hydrogen-bond donors (Lipinski definition) is 0. The summed E-state index contributed by atoms with van der Waals surface area (Å²) in [4.78, 5) is 1.19. The molecule has 2 aromatic carbocycles. The van der Waals surface area contributed by atoms with E-state index in [9.17, 15) is 0 Å². The summed E-state index contributed by atoms with van der Waals surface area (Å²) >= 11 is 5.27. The largest absolute Gasteiger partial charge is 0.496 e. The van der Waals surface area contributed by atoms with Gasteiger partial charge >= 0.3 is 0 Å². The average molecular weight is 441 g/mol. The van der Waals surface area contributed by atoms with Crippen LogP contribution in [0, 0.1) is 0 Å². The van der Waals surface area contributed by atoms with Gasteiger partial charge in [0.05, 0.1) is 33.1 Å². The predicted octanol–water partition coefficient (Wildman–Crippen LogP) is 5.76. The van der Waals surface area contributed by atoms with Gasteiger partial charge in [0.15, 0.2) is 0 Å². The molecule has 0 amide bonds. The van der Waals surface area contributed by atoms with Crippen LogP contribution in [-0.2, 0) is 0 Å². The van der Waals surface area contributed by atoms with Gasteiger partial charge in [0.1, 0.15) is 11.5 Å². The summed E-state index contributed by atoms with van der Waals surface area (Å²) in [6.45, 7) is 0. The zero-order valence-corrected chi connectivity index (χ0v) is 17.0. The van der Waals surface area contributed by atoms with Crippen molar-refractivity contribution in [3.63, 3.8) is 0 Å². The Morgan fingerprint density at radius 1 is 1.07 bits per heavy atom. The molecule has 0 fully saturated rings. The number of ether oxygens (including phenoxy) is 2. The first-order valence-electron chi connectivity index (χ1n) is 8.74. The van der Waals surface area contributed by atoms with Gasteiger partial charge in [0.2, 0.25) is 6.23 Å². The molecule has 5 rings (SSSR count). The number of thiophene rings is 1. The molecule has 3 aromatic rings. The topological polar surface area (TPSA) is 34.1 Å². The Balaban J connectivity index is 1.62. The summed E-state index contributed by atoms with van der Waals surface area (Å²) in [7, 11) is 1.69. The highest BCUT2D eigenvalue weighted by Crippen LogP contribution is 2.49. The molecular weight excluding hydrogens is 424 g/mol. The van der Waals surface area contributed by atoms with E-state index in [0.717, 1.165) is 33.0 Å². The second kappa shape index (κ2) is 6.69. The highest BCUT2D eigenvalue weighted by Gasteiger charge is 2.41. The molecule has 27 heavy (non-hydrogen) atoms. The standard InChI is InChI=1S/C21H17BrN2O2S/c1-25-17-8-4-3-7-14(17)21-24-16(13-6-2-5-9-18(13)26-21)12-15(23-24)19-10-11-20(22)27-19/h2-11,16,21H,12H2,1H3/t16-,21-/m1/s1. The third kappa shape index (κ3) is 2.84. The predicted molar refractivity (Wildman–Crippen MR) is 111 cm³/mol. The number of para-hydroxylation sites is 2. The fourth-order valence-electron chi connectivity index (χ4n) is 3.73. The quantitative estimate of drug-likeness (QED) is 0.518. The zero-order chi connectivity index (χ0) is 18.4. The van der Waals surface area contributed by atoms with Gasteiger partial charge < -0.3 is 9.47 Å². The van der Waals surface area contributed by atoms with Gasteiger partial charge in [0.25, 0.3) is 0 Å². The molecule has 0 spiro atoms. The summed E-state index contributed by atoms with van der Waals surface area (Å²) in [5.41, 5.74) is 3.26. The molecule has 2 atom stereocenters. The van der Waals surface area contributed by atoms with E-state index in [4.69, 9.17) is 14.6 Å². The van der Waals surface area contributed by atoms with Gasteiger partial charge in [0, 0.05) is 12.0 Å².